The van der Waals surface area contributed by atoms with Crippen LogP contribution in [0.1, 0.15) is 6.92 Å². The smallest absolute Gasteiger partial charge is 0.300 e. The highest BCUT2D eigenvalue weighted by atomic mass is 32.1. The Morgan fingerprint density at radius 3 is 1.38 bits per heavy atom. The number of carboxylic acid groups (broad SMARTS) is 1. The van der Waals surface area contributed by atoms with Crippen molar-refractivity contribution in [3.63, 3.8) is 0 Å². The molecule has 1 aromatic rings. The number of carbonyl (C=O) groups is 1. The van der Waals surface area contributed by atoms with E-state index in [-0.39, 0.29) is 0 Å². The van der Waals surface area contributed by atoms with Gasteiger partial charge in [0.05, 0.1) is 0 Å². The summed E-state index contributed by atoms with van der Waals surface area (Å²) in [5, 5.41) is 7.42. The topological polar surface area (TPSA) is 37.3 Å². The Morgan fingerprint density at radius 1 is 1.08 bits per heavy atom. The zero-order valence-corrected chi connectivity index (χ0v) is 9.61. The second kappa shape index (κ2) is 6.23. The zero-order valence-electron chi connectivity index (χ0n) is 6.93. The highest BCUT2D eigenvalue weighted by Crippen LogP contribution is 2.18. The van der Waals surface area contributed by atoms with Crippen molar-refractivity contribution in [2.75, 3.05) is 0 Å². The van der Waals surface area contributed by atoms with Crippen LogP contribution >= 0.6 is 37.9 Å². The third-order valence-corrected chi connectivity index (χ3v) is 1.66. The molecule has 1 aromatic carbocycles. The van der Waals surface area contributed by atoms with Crippen molar-refractivity contribution in [1.29, 1.82) is 0 Å². The molecule has 0 heterocycles. The van der Waals surface area contributed by atoms with Gasteiger partial charge in [-0.15, -0.1) is 37.9 Å². The molecule has 0 aromatic heterocycles. The highest BCUT2D eigenvalue weighted by Gasteiger charge is 1.89. The Hall–Kier alpha value is -0.260. The lowest BCUT2D eigenvalue weighted by Crippen LogP contribution is -1.78. The normalized spacial score (nSPS) is 8.62. The molecule has 0 aliphatic heterocycles. The van der Waals surface area contributed by atoms with Crippen LogP contribution in [0.15, 0.2) is 32.9 Å². The lowest BCUT2D eigenvalue weighted by Gasteiger charge is -1.94. The van der Waals surface area contributed by atoms with E-state index in [4.69, 9.17) is 9.90 Å². The van der Waals surface area contributed by atoms with E-state index in [1.807, 2.05) is 18.2 Å². The summed E-state index contributed by atoms with van der Waals surface area (Å²) >= 11 is 12.4. The maximum Gasteiger partial charge on any atom is 0.300 e. The molecule has 2 nitrogen and oxygen atoms in total. The molecule has 5 heteroatoms. The molecule has 0 amide bonds. The van der Waals surface area contributed by atoms with Crippen LogP contribution in [0.5, 0.6) is 0 Å². The summed E-state index contributed by atoms with van der Waals surface area (Å²) < 4.78 is 0. The number of carboxylic acids is 1. The number of thiol groups is 3. The van der Waals surface area contributed by atoms with Crippen LogP contribution in [0.2, 0.25) is 0 Å². The molecule has 13 heavy (non-hydrogen) atoms. The first-order chi connectivity index (χ1) is 5.91. The predicted molar refractivity (Wildman–Crippen MR) is 61.5 cm³/mol. The van der Waals surface area contributed by atoms with Crippen LogP contribution < -0.4 is 0 Å². The molecule has 0 radical (unpaired) electrons. The molecule has 0 fully saturated rings. The van der Waals surface area contributed by atoms with Crippen molar-refractivity contribution in [3.05, 3.63) is 18.2 Å². The van der Waals surface area contributed by atoms with E-state index >= 15 is 0 Å². The molecule has 72 valence electrons. The fourth-order valence-corrected chi connectivity index (χ4v) is 1.72. The third kappa shape index (κ3) is 8.08. The summed E-state index contributed by atoms with van der Waals surface area (Å²) in [5.74, 6) is -0.833. The first-order valence-corrected chi connectivity index (χ1v) is 4.67. The number of hydrogen-bond donors (Lipinski definition) is 4. The largest absolute Gasteiger partial charge is 0.481 e. The van der Waals surface area contributed by atoms with Crippen molar-refractivity contribution in [3.8, 4) is 0 Å². The van der Waals surface area contributed by atoms with E-state index < -0.39 is 5.97 Å². The molecule has 0 unspecified atom stereocenters. The first-order valence-electron chi connectivity index (χ1n) is 3.33. The third-order valence-electron chi connectivity index (χ3n) is 0.887. The lowest BCUT2D eigenvalue weighted by molar-refractivity contribution is -0.134. The molecular weight excluding hydrogens is 224 g/mol. The van der Waals surface area contributed by atoms with Gasteiger partial charge in [0.15, 0.2) is 0 Å². The molecule has 1 rings (SSSR count). The van der Waals surface area contributed by atoms with Gasteiger partial charge < -0.3 is 5.11 Å². The van der Waals surface area contributed by atoms with E-state index in [0.29, 0.717) is 0 Å². The maximum absolute atomic E-state index is 9.00. The van der Waals surface area contributed by atoms with Crippen molar-refractivity contribution in [2.24, 2.45) is 0 Å². The number of benzene rings is 1. The molecule has 1 N–H and O–H groups in total. The molecule has 0 saturated heterocycles. The van der Waals surface area contributed by atoms with Crippen molar-refractivity contribution in [2.45, 2.75) is 21.6 Å². The predicted octanol–water partition coefficient (Wildman–Crippen LogP) is 2.64. The van der Waals surface area contributed by atoms with Crippen molar-refractivity contribution >= 4 is 43.9 Å². The number of rotatable bonds is 0. The Labute approximate surface area is 93.6 Å². The summed E-state index contributed by atoms with van der Waals surface area (Å²) in [5.41, 5.74) is 0. The van der Waals surface area contributed by atoms with Crippen LogP contribution in [0, 0.1) is 0 Å². The summed E-state index contributed by atoms with van der Waals surface area (Å²) in [7, 11) is 0. The van der Waals surface area contributed by atoms with E-state index in [1.54, 1.807) is 0 Å². The van der Waals surface area contributed by atoms with Gasteiger partial charge in [-0.2, -0.15) is 0 Å². The Kier molecular flexibility index (Phi) is 6.11. The monoisotopic (exact) mass is 234 g/mol. The number of hydrogen-bond acceptors (Lipinski definition) is 4. The molecule has 0 saturated carbocycles. The zero-order chi connectivity index (χ0) is 10.4. The standard InChI is InChI=1S/C6H6S3.C2H4O2/c7-4-1-5(8)3-6(9)2-4;1-2(3)4/h1-3,7-9H;1H3,(H,3,4). The SMILES string of the molecule is CC(=O)O.Sc1cc(S)cc(S)c1. The fourth-order valence-electron chi connectivity index (χ4n) is 0.580. The maximum atomic E-state index is 9.00. The van der Waals surface area contributed by atoms with Crippen LogP contribution in [-0.2, 0) is 4.79 Å². The van der Waals surface area contributed by atoms with Gasteiger partial charge in [-0.05, 0) is 18.2 Å². The van der Waals surface area contributed by atoms with Crippen molar-refractivity contribution in [1.82, 2.24) is 0 Å². The second-order valence-electron chi connectivity index (χ2n) is 2.23. The van der Waals surface area contributed by atoms with Crippen molar-refractivity contribution < 1.29 is 9.90 Å². The minimum atomic E-state index is -0.833. The second-order valence-corrected chi connectivity index (χ2v) is 3.78. The molecule has 0 spiro atoms. The minimum absolute atomic E-state index is 0.833. The van der Waals surface area contributed by atoms with Crippen LogP contribution in [0.25, 0.3) is 0 Å². The molecule has 0 aliphatic carbocycles. The summed E-state index contributed by atoms with van der Waals surface area (Å²) in [6.07, 6.45) is 0. The molecule has 0 atom stereocenters. The fraction of sp³-hybridized carbons (Fsp3) is 0.125. The van der Waals surface area contributed by atoms with Gasteiger partial charge in [-0.25, -0.2) is 0 Å². The average molecular weight is 234 g/mol. The average Bonchev–Trinajstić information content (AvgIpc) is 1.80. The first kappa shape index (κ1) is 12.7. The molecule has 0 aliphatic rings. The Bertz CT molecular complexity index is 245. The molecule has 0 bridgehead atoms. The summed E-state index contributed by atoms with van der Waals surface area (Å²) in [4.78, 5) is 11.7. The van der Waals surface area contributed by atoms with Crippen LogP contribution in [-0.4, -0.2) is 11.1 Å². The van der Waals surface area contributed by atoms with E-state index in [9.17, 15) is 0 Å². The van der Waals surface area contributed by atoms with Gasteiger partial charge >= 0.3 is 0 Å². The Morgan fingerprint density at radius 2 is 1.23 bits per heavy atom. The quantitative estimate of drug-likeness (QED) is 0.521. The summed E-state index contributed by atoms with van der Waals surface area (Å²) in [6.45, 7) is 1.08. The number of aliphatic carboxylic acids is 1. The van der Waals surface area contributed by atoms with Gasteiger partial charge in [-0.3, -0.25) is 4.79 Å². The van der Waals surface area contributed by atoms with Gasteiger partial charge in [0.2, 0.25) is 0 Å². The van der Waals surface area contributed by atoms with Crippen LogP contribution in [0.4, 0.5) is 0 Å². The summed E-state index contributed by atoms with van der Waals surface area (Å²) in [6, 6.07) is 5.60. The van der Waals surface area contributed by atoms with Crippen LogP contribution in [0.3, 0.4) is 0 Å². The van der Waals surface area contributed by atoms with Gasteiger partial charge in [0.1, 0.15) is 0 Å². The van der Waals surface area contributed by atoms with Gasteiger partial charge in [-0.1, -0.05) is 0 Å². The highest BCUT2D eigenvalue weighted by molar-refractivity contribution is 7.81. The lowest BCUT2D eigenvalue weighted by atomic mass is 10.4. The van der Waals surface area contributed by atoms with Gasteiger partial charge in [0, 0.05) is 21.6 Å². The van der Waals surface area contributed by atoms with E-state index in [0.717, 1.165) is 21.6 Å². The minimum Gasteiger partial charge on any atom is -0.481 e. The van der Waals surface area contributed by atoms with E-state index in [1.165, 1.54) is 0 Å². The van der Waals surface area contributed by atoms with Gasteiger partial charge in [0.25, 0.3) is 5.97 Å². The Balaban J connectivity index is 0.000000310. The van der Waals surface area contributed by atoms with E-state index in [2.05, 4.69) is 37.9 Å². The molecular formula is C8H10O2S3.